The molecule has 0 bridgehead atoms. The molecule has 19 heavy (non-hydrogen) atoms. The number of rotatable bonds is 6. The SMILES string of the molecule is COC(=O)C[C@@H](C(=O)OC)[C@H](NC(C)=O)C(=O)OC. The fraction of sp³-hybridized carbons (Fsp3) is 0.636. The molecule has 0 unspecified atom stereocenters. The van der Waals surface area contributed by atoms with Crippen LogP contribution in [-0.4, -0.2) is 51.2 Å². The summed E-state index contributed by atoms with van der Waals surface area (Å²) in [6.45, 7) is 1.17. The minimum atomic E-state index is -1.31. The van der Waals surface area contributed by atoms with Crippen molar-refractivity contribution in [3.05, 3.63) is 0 Å². The molecule has 0 aliphatic carbocycles. The number of amides is 1. The second-order valence-electron chi connectivity index (χ2n) is 3.61. The molecule has 0 saturated carbocycles. The summed E-state index contributed by atoms with van der Waals surface area (Å²) in [6.07, 6.45) is -0.413. The summed E-state index contributed by atoms with van der Waals surface area (Å²) >= 11 is 0. The topological polar surface area (TPSA) is 108 Å². The highest BCUT2D eigenvalue weighted by Crippen LogP contribution is 2.14. The second kappa shape index (κ2) is 8.06. The fourth-order valence-corrected chi connectivity index (χ4v) is 1.42. The van der Waals surface area contributed by atoms with E-state index in [1.54, 1.807) is 0 Å². The molecule has 8 nitrogen and oxygen atoms in total. The molecule has 0 aromatic heterocycles. The number of carbonyl (C=O) groups is 4. The Bertz CT molecular complexity index is 366. The predicted octanol–water partition coefficient (Wildman–Crippen LogP) is -0.984. The van der Waals surface area contributed by atoms with Crippen LogP contribution in [0, 0.1) is 5.92 Å². The van der Waals surface area contributed by atoms with Gasteiger partial charge in [0.1, 0.15) is 6.04 Å². The molecule has 1 amide bonds. The summed E-state index contributed by atoms with van der Waals surface area (Å²) in [6, 6.07) is -1.31. The molecule has 0 heterocycles. The number of esters is 3. The zero-order chi connectivity index (χ0) is 15.0. The van der Waals surface area contributed by atoms with Crippen LogP contribution < -0.4 is 5.32 Å². The van der Waals surface area contributed by atoms with Crippen LogP contribution in [0.4, 0.5) is 0 Å². The van der Waals surface area contributed by atoms with Gasteiger partial charge in [-0.25, -0.2) is 4.79 Å². The number of ether oxygens (including phenoxy) is 3. The fourth-order valence-electron chi connectivity index (χ4n) is 1.42. The highest BCUT2D eigenvalue weighted by Gasteiger charge is 2.38. The number of methoxy groups -OCH3 is 3. The summed E-state index contributed by atoms with van der Waals surface area (Å²) in [7, 11) is 3.35. The Kier molecular flexibility index (Phi) is 7.16. The van der Waals surface area contributed by atoms with Crippen molar-refractivity contribution in [2.24, 2.45) is 5.92 Å². The largest absolute Gasteiger partial charge is 0.469 e. The quantitative estimate of drug-likeness (QED) is 0.490. The van der Waals surface area contributed by atoms with E-state index >= 15 is 0 Å². The van der Waals surface area contributed by atoms with E-state index in [1.165, 1.54) is 6.92 Å². The van der Waals surface area contributed by atoms with Crippen LogP contribution in [0.2, 0.25) is 0 Å². The van der Waals surface area contributed by atoms with Gasteiger partial charge in [0.25, 0.3) is 0 Å². The summed E-state index contributed by atoms with van der Waals surface area (Å²) < 4.78 is 13.4. The molecule has 8 heteroatoms. The maximum Gasteiger partial charge on any atom is 0.329 e. The molecule has 0 spiro atoms. The lowest BCUT2D eigenvalue weighted by molar-refractivity contribution is -0.159. The molecule has 1 N–H and O–H groups in total. The normalized spacial score (nSPS) is 12.8. The van der Waals surface area contributed by atoms with Gasteiger partial charge in [-0.2, -0.15) is 0 Å². The van der Waals surface area contributed by atoms with E-state index in [2.05, 4.69) is 19.5 Å². The highest BCUT2D eigenvalue weighted by molar-refractivity contribution is 5.90. The third-order valence-corrected chi connectivity index (χ3v) is 2.33. The minimum Gasteiger partial charge on any atom is -0.469 e. The third-order valence-electron chi connectivity index (χ3n) is 2.33. The van der Waals surface area contributed by atoms with Gasteiger partial charge in [-0.15, -0.1) is 0 Å². The van der Waals surface area contributed by atoms with Crippen LogP contribution in [0.5, 0.6) is 0 Å². The number of hydrogen-bond acceptors (Lipinski definition) is 7. The molecule has 0 aromatic rings. The summed E-state index contributed by atoms with van der Waals surface area (Å²) in [5.41, 5.74) is 0. The van der Waals surface area contributed by atoms with Gasteiger partial charge in [0.15, 0.2) is 0 Å². The molecular weight excluding hydrogens is 258 g/mol. The standard InChI is InChI=1S/C11H17NO7/c1-6(13)12-9(11(16)19-4)7(10(15)18-3)5-8(14)17-2/h7,9H,5H2,1-4H3,(H,12,13)/t7-,9+/m1/s1. The van der Waals surface area contributed by atoms with E-state index in [-0.39, 0.29) is 0 Å². The van der Waals surface area contributed by atoms with Crippen molar-refractivity contribution in [1.29, 1.82) is 0 Å². The predicted molar refractivity (Wildman–Crippen MR) is 61.8 cm³/mol. The summed E-state index contributed by atoms with van der Waals surface area (Å²) in [4.78, 5) is 45.5. The number of nitrogens with one attached hydrogen (secondary N) is 1. The molecule has 0 fully saturated rings. The highest BCUT2D eigenvalue weighted by atomic mass is 16.5. The summed E-state index contributed by atoms with van der Waals surface area (Å²) in [5.74, 6) is -4.15. The van der Waals surface area contributed by atoms with E-state index in [0.717, 1.165) is 21.3 Å². The lowest BCUT2D eigenvalue weighted by Crippen LogP contribution is -2.49. The van der Waals surface area contributed by atoms with Crippen molar-refractivity contribution in [2.75, 3.05) is 21.3 Å². The lowest BCUT2D eigenvalue weighted by Gasteiger charge is -2.22. The molecule has 0 aliphatic rings. The van der Waals surface area contributed by atoms with Crippen molar-refractivity contribution >= 4 is 23.8 Å². The van der Waals surface area contributed by atoms with Gasteiger partial charge in [0, 0.05) is 6.92 Å². The molecule has 0 rings (SSSR count). The van der Waals surface area contributed by atoms with Gasteiger partial charge in [-0.05, 0) is 0 Å². The molecule has 0 saturated heterocycles. The monoisotopic (exact) mass is 275 g/mol. The maximum absolute atomic E-state index is 11.6. The average molecular weight is 275 g/mol. The van der Waals surface area contributed by atoms with Gasteiger partial charge in [0.05, 0.1) is 33.7 Å². The van der Waals surface area contributed by atoms with Gasteiger partial charge < -0.3 is 19.5 Å². The molecule has 0 radical (unpaired) electrons. The Morgan fingerprint density at radius 3 is 1.84 bits per heavy atom. The zero-order valence-corrected chi connectivity index (χ0v) is 11.2. The molecular formula is C11H17NO7. The van der Waals surface area contributed by atoms with Gasteiger partial charge >= 0.3 is 17.9 Å². The lowest BCUT2D eigenvalue weighted by atomic mass is 9.96. The van der Waals surface area contributed by atoms with Gasteiger partial charge in [-0.1, -0.05) is 0 Å². The van der Waals surface area contributed by atoms with E-state index < -0.39 is 42.2 Å². The average Bonchev–Trinajstić information content (AvgIpc) is 2.40. The summed E-state index contributed by atoms with van der Waals surface area (Å²) in [5, 5.41) is 2.25. The van der Waals surface area contributed by atoms with E-state index in [1.807, 2.05) is 0 Å². The first kappa shape index (κ1) is 16.9. The van der Waals surface area contributed by atoms with Crippen molar-refractivity contribution in [3.63, 3.8) is 0 Å². The Morgan fingerprint density at radius 2 is 1.47 bits per heavy atom. The van der Waals surface area contributed by atoms with Crippen LogP contribution in [-0.2, 0) is 33.4 Å². The smallest absolute Gasteiger partial charge is 0.329 e. The number of carbonyl (C=O) groups excluding carboxylic acids is 4. The van der Waals surface area contributed by atoms with Crippen molar-refractivity contribution in [1.82, 2.24) is 5.32 Å². The first-order valence-corrected chi connectivity index (χ1v) is 5.36. The van der Waals surface area contributed by atoms with Crippen LogP contribution in [0.1, 0.15) is 13.3 Å². The molecule has 2 atom stereocenters. The van der Waals surface area contributed by atoms with Gasteiger partial charge in [0.2, 0.25) is 5.91 Å². The van der Waals surface area contributed by atoms with Crippen molar-refractivity contribution in [2.45, 2.75) is 19.4 Å². The first-order valence-electron chi connectivity index (χ1n) is 5.36. The zero-order valence-electron chi connectivity index (χ0n) is 11.2. The van der Waals surface area contributed by atoms with E-state index in [0.29, 0.717) is 0 Å². The van der Waals surface area contributed by atoms with Crippen LogP contribution in [0.15, 0.2) is 0 Å². The Balaban J connectivity index is 5.21. The van der Waals surface area contributed by atoms with E-state index in [9.17, 15) is 19.2 Å². The molecule has 108 valence electrons. The number of hydrogen-bond donors (Lipinski definition) is 1. The Labute approximate surface area is 110 Å². The molecule has 0 aromatic carbocycles. The van der Waals surface area contributed by atoms with Crippen molar-refractivity contribution < 1.29 is 33.4 Å². The van der Waals surface area contributed by atoms with Crippen molar-refractivity contribution in [3.8, 4) is 0 Å². The molecule has 0 aliphatic heterocycles. The van der Waals surface area contributed by atoms with Crippen LogP contribution in [0.3, 0.4) is 0 Å². The van der Waals surface area contributed by atoms with Crippen LogP contribution in [0.25, 0.3) is 0 Å². The Morgan fingerprint density at radius 1 is 0.947 bits per heavy atom. The maximum atomic E-state index is 11.6. The Hall–Kier alpha value is -2.12. The first-order chi connectivity index (χ1) is 8.87. The van der Waals surface area contributed by atoms with E-state index in [4.69, 9.17) is 0 Å². The minimum absolute atomic E-state index is 0.413. The second-order valence-corrected chi connectivity index (χ2v) is 3.61. The van der Waals surface area contributed by atoms with Gasteiger partial charge in [-0.3, -0.25) is 14.4 Å². The third kappa shape index (κ3) is 5.36. The van der Waals surface area contributed by atoms with Crippen LogP contribution >= 0.6 is 0 Å².